The first kappa shape index (κ1) is 63.1. The van der Waals surface area contributed by atoms with Crippen LogP contribution in [-0.4, -0.2) is 104 Å². The SMILES string of the molecule is CCO.O.O.O.O.O.O.O.O.OB1O[B-]2(O)OB(O)O[B-](O)(O1)O2.[Na+].[Na+]. The van der Waals surface area contributed by atoms with E-state index in [2.05, 4.69) is 22.9 Å². The normalized spacial score (nSPS) is 23.3. The maximum Gasteiger partial charge on any atom is 1.00 e. The molecule has 26 heavy (non-hydrogen) atoms. The van der Waals surface area contributed by atoms with Crippen molar-refractivity contribution >= 4 is 28.6 Å². The van der Waals surface area contributed by atoms with Gasteiger partial charge < -0.3 is 91.9 Å². The minimum atomic E-state index is -3.45. The van der Waals surface area contributed by atoms with Crippen LogP contribution < -0.4 is 59.1 Å². The van der Waals surface area contributed by atoms with E-state index >= 15 is 0 Å². The van der Waals surface area contributed by atoms with Gasteiger partial charge in [0.05, 0.1) is 0 Å². The molecule has 0 aliphatic carbocycles. The first-order chi connectivity index (χ1) is 7.32. The molecule has 0 aromatic heterocycles. The summed E-state index contributed by atoms with van der Waals surface area (Å²) in [6.07, 6.45) is 0. The Morgan fingerprint density at radius 2 is 0.808 bits per heavy atom. The molecule has 2 aliphatic heterocycles. The quantitative estimate of drug-likeness (QED) is 0.227. The first-order valence-electron chi connectivity index (χ1n) is 4.41. The van der Waals surface area contributed by atoms with Crippen molar-refractivity contribution < 1.29 is 151 Å². The molecule has 2 bridgehead atoms. The van der Waals surface area contributed by atoms with Crippen molar-refractivity contribution in [3.05, 3.63) is 0 Å². The number of rotatable bonds is 0. The Morgan fingerprint density at radius 1 is 0.654 bits per heavy atom. The standard InChI is InChI=1S/C2H6O.B4H4O9.2Na.8H2O/c1-2-3;5-1-9-3(7)11-2(6)12-4(8,10-1)13-3;;;;;;;;;;/h3H,2H2,1H3;5-8H;;;8*1H2/q;-2;2*+1;;;;;;;;. The summed E-state index contributed by atoms with van der Waals surface area (Å²) in [5, 5.41) is 43.5. The molecule has 2 heterocycles. The van der Waals surface area contributed by atoms with E-state index in [9.17, 15) is 10.0 Å². The van der Waals surface area contributed by atoms with Crippen molar-refractivity contribution in [2.24, 2.45) is 0 Å². The van der Waals surface area contributed by atoms with E-state index in [4.69, 9.17) is 15.2 Å². The molecule has 0 aromatic carbocycles. The van der Waals surface area contributed by atoms with Crippen molar-refractivity contribution in [2.45, 2.75) is 6.92 Å². The van der Waals surface area contributed by atoms with E-state index < -0.39 is 28.6 Å². The molecule has 0 spiro atoms. The van der Waals surface area contributed by atoms with Gasteiger partial charge in [-0.2, -0.15) is 0 Å². The molecule has 2 rings (SSSR count). The maximum atomic E-state index is 9.18. The van der Waals surface area contributed by atoms with E-state index in [-0.39, 0.29) is 110 Å². The Hall–Kier alpha value is 1.54. The molecule has 0 atom stereocenters. The van der Waals surface area contributed by atoms with Crippen LogP contribution in [0.25, 0.3) is 0 Å². The van der Waals surface area contributed by atoms with Gasteiger partial charge >= 0.3 is 87.7 Å². The zero-order valence-electron chi connectivity index (χ0n) is 14.3. The Bertz CT molecular complexity index is 217. The fourth-order valence-electron chi connectivity index (χ4n) is 1.06. The second-order valence-electron chi connectivity index (χ2n) is 2.82. The number of hydrogen-bond acceptors (Lipinski definition) is 10. The number of fused-ring (bicyclic) bond motifs is 2. The molecule has 24 heteroatoms. The maximum absolute atomic E-state index is 9.18. The summed E-state index contributed by atoms with van der Waals surface area (Å²) in [4.78, 5) is 0. The zero-order valence-corrected chi connectivity index (χ0v) is 18.3. The van der Waals surface area contributed by atoms with Crippen LogP contribution in [0, 0.1) is 0 Å². The Morgan fingerprint density at radius 3 is 0.962 bits per heavy atom. The minimum Gasteiger partial charge on any atom is -0.679 e. The molecular weight excluding hydrogens is 401 g/mol. The summed E-state index contributed by atoms with van der Waals surface area (Å²) >= 11 is 0. The van der Waals surface area contributed by atoms with Gasteiger partial charge in [-0.3, -0.25) is 0 Å². The fourth-order valence-corrected chi connectivity index (χ4v) is 1.06. The van der Waals surface area contributed by atoms with Gasteiger partial charge in [0.25, 0.3) is 0 Å². The summed E-state index contributed by atoms with van der Waals surface area (Å²) in [7, 11) is -3.92. The topological polar surface area (TPSA) is 399 Å². The van der Waals surface area contributed by atoms with E-state index in [0.717, 1.165) is 0 Å². The molecule has 18 nitrogen and oxygen atoms in total. The summed E-state index contributed by atoms with van der Waals surface area (Å²) in [5.74, 6) is 0. The molecule has 21 N–H and O–H groups in total. The van der Waals surface area contributed by atoms with E-state index in [1.54, 1.807) is 6.92 Å². The molecular formula is C2H26B4Na2O18. The second kappa shape index (κ2) is 26.5. The monoisotopic (exact) mass is 428 g/mol. The van der Waals surface area contributed by atoms with E-state index in [1.807, 2.05) is 0 Å². The number of aliphatic hydroxyl groups excluding tert-OH is 1. The van der Waals surface area contributed by atoms with Gasteiger partial charge in [-0.05, 0) is 6.92 Å². The Labute approximate surface area is 192 Å². The summed E-state index contributed by atoms with van der Waals surface area (Å²) in [6.45, 7) is -4.97. The average Bonchev–Trinajstić information content (AvgIpc) is 1.96. The van der Waals surface area contributed by atoms with Crippen LogP contribution in [0.2, 0.25) is 0 Å². The van der Waals surface area contributed by atoms with Crippen LogP contribution in [-0.2, 0) is 22.9 Å². The molecule has 0 unspecified atom stereocenters. The van der Waals surface area contributed by atoms with Crippen LogP contribution in [0.15, 0.2) is 0 Å². The molecule has 2 saturated heterocycles. The van der Waals surface area contributed by atoms with E-state index in [0.29, 0.717) is 0 Å². The molecule has 156 valence electrons. The number of hydrogen-bond donors (Lipinski definition) is 5. The van der Waals surface area contributed by atoms with Gasteiger partial charge in [-0.25, -0.2) is 0 Å². The molecule has 0 radical (unpaired) electrons. The van der Waals surface area contributed by atoms with Gasteiger partial charge in [0.1, 0.15) is 0 Å². The summed E-state index contributed by atoms with van der Waals surface area (Å²) in [5.41, 5.74) is 0. The van der Waals surface area contributed by atoms with Gasteiger partial charge in [0.2, 0.25) is 0 Å². The second-order valence-corrected chi connectivity index (χ2v) is 2.82. The predicted octanol–water partition coefficient (Wildman–Crippen LogP) is -16.7. The molecule has 0 amide bonds. The molecule has 0 aromatic rings. The largest absolute Gasteiger partial charge is 1.00 e. The zero-order chi connectivity index (χ0) is 12.4. The molecule has 2 aliphatic rings. The van der Waals surface area contributed by atoms with Crippen molar-refractivity contribution in [3.8, 4) is 0 Å². The molecule has 2 fully saturated rings. The van der Waals surface area contributed by atoms with Crippen molar-refractivity contribution in [2.75, 3.05) is 6.61 Å². The fraction of sp³-hybridized carbons (Fsp3) is 1.00. The predicted molar refractivity (Wildman–Crippen MR) is 79.0 cm³/mol. The average molecular weight is 427 g/mol. The molecule has 0 saturated carbocycles. The van der Waals surface area contributed by atoms with Gasteiger partial charge in [0, 0.05) is 6.61 Å². The smallest absolute Gasteiger partial charge is 0.679 e. The van der Waals surface area contributed by atoms with Crippen LogP contribution >= 0.6 is 0 Å². The Balaban J connectivity index is -0.0000000233. The van der Waals surface area contributed by atoms with Gasteiger partial charge in [-0.1, -0.05) is 0 Å². The van der Waals surface area contributed by atoms with Crippen LogP contribution in [0.4, 0.5) is 0 Å². The third-order valence-corrected chi connectivity index (χ3v) is 1.50. The Kier molecular flexibility index (Phi) is 64.4. The van der Waals surface area contributed by atoms with Crippen LogP contribution in [0.1, 0.15) is 6.92 Å². The van der Waals surface area contributed by atoms with Gasteiger partial charge in [0.15, 0.2) is 0 Å². The van der Waals surface area contributed by atoms with Crippen LogP contribution in [0.5, 0.6) is 0 Å². The van der Waals surface area contributed by atoms with Crippen molar-refractivity contribution in [1.29, 1.82) is 0 Å². The third kappa shape index (κ3) is 20.3. The van der Waals surface area contributed by atoms with E-state index in [1.165, 1.54) is 0 Å². The third-order valence-electron chi connectivity index (χ3n) is 1.50. The van der Waals surface area contributed by atoms with Crippen LogP contribution in [0.3, 0.4) is 0 Å². The van der Waals surface area contributed by atoms with Crippen molar-refractivity contribution in [3.63, 3.8) is 0 Å². The minimum absolute atomic E-state index is 0. The first-order valence-corrected chi connectivity index (χ1v) is 4.41. The van der Waals surface area contributed by atoms with Crippen molar-refractivity contribution in [1.82, 2.24) is 0 Å². The number of aliphatic hydroxyl groups is 1. The summed E-state index contributed by atoms with van der Waals surface area (Å²) < 4.78 is 21.1. The summed E-state index contributed by atoms with van der Waals surface area (Å²) in [6, 6.07) is 0. The van der Waals surface area contributed by atoms with Gasteiger partial charge in [-0.15, -0.1) is 0 Å².